The van der Waals surface area contributed by atoms with Crippen LogP contribution in [0.25, 0.3) is 0 Å². The van der Waals surface area contributed by atoms with E-state index in [2.05, 4.69) is 10.6 Å². The molecule has 2 N–H and O–H groups in total. The zero-order valence-electron chi connectivity index (χ0n) is 9.52. The molecule has 0 spiro atoms. The van der Waals surface area contributed by atoms with Crippen molar-refractivity contribution in [3.8, 4) is 0 Å². The number of anilines is 1. The zero-order valence-corrected chi connectivity index (χ0v) is 10.3. The van der Waals surface area contributed by atoms with E-state index in [-0.39, 0.29) is 11.3 Å². The maximum atomic E-state index is 11.5. The van der Waals surface area contributed by atoms with Gasteiger partial charge in [0.1, 0.15) is 4.51 Å². The minimum absolute atomic E-state index is 0.0520. The summed E-state index contributed by atoms with van der Waals surface area (Å²) in [4.78, 5) is 11.5. The normalized spacial score (nSPS) is 11.2. The summed E-state index contributed by atoms with van der Waals surface area (Å²) in [6, 6.07) is 0. The van der Waals surface area contributed by atoms with E-state index in [0.717, 1.165) is 30.8 Å². The van der Waals surface area contributed by atoms with Crippen LogP contribution in [0, 0.1) is 4.51 Å². The molecule has 0 heterocycles. The molecule has 4 heteroatoms. The van der Waals surface area contributed by atoms with Gasteiger partial charge in [-0.1, -0.05) is 26.1 Å². The van der Waals surface area contributed by atoms with Gasteiger partial charge in [-0.2, -0.15) is 0 Å². The average Bonchev–Trinajstić information content (AvgIpc) is 2.20. The molecule has 0 radical (unpaired) electrons. The van der Waals surface area contributed by atoms with Crippen LogP contribution in [0.4, 0.5) is 5.69 Å². The van der Waals surface area contributed by atoms with Crippen LogP contribution in [0.2, 0.25) is 0 Å². The summed E-state index contributed by atoms with van der Waals surface area (Å²) in [7, 11) is 1.93. The van der Waals surface area contributed by atoms with Crippen molar-refractivity contribution in [2.24, 2.45) is 0 Å². The van der Waals surface area contributed by atoms with Crippen LogP contribution in [-0.2, 0) is 0 Å². The van der Waals surface area contributed by atoms with Crippen LogP contribution in [-0.4, -0.2) is 20.1 Å². The highest BCUT2D eigenvalue weighted by Crippen LogP contribution is 2.24. The van der Waals surface area contributed by atoms with Gasteiger partial charge in [-0.15, -0.1) is 0 Å². The largest absolute Gasteiger partial charge is 0.383 e. The molecule has 0 amide bonds. The van der Waals surface area contributed by atoms with Crippen molar-refractivity contribution in [1.82, 2.24) is 5.32 Å². The van der Waals surface area contributed by atoms with Crippen molar-refractivity contribution in [2.75, 3.05) is 25.5 Å². The zero-order chi connectivity index (χ0) is 11.4. The number of nitrogens with one attached hydrogen (secondary N) is 2. The van der Waals surface area contributed by atoms with Crippen molar-refractivity contribution in [2.45, 2.75) is 26.2 Å². The van der Waals surface area contributed by atoms with Crippen LogP contribution < -0.4 is 16.1 Å². The van der Waals surface area contributed by atoms with E-state index in [1.165, 1.54) is 0 Å². The molecular weight excluding hydrogens is 208 g/mol. The highest BCUT2D eigenvalue weighted by molar-refractivity contribution is 7.71. The van der Waals surface area contributed by atoms with E-state index < -0.39 is 0 Å². The molecule has 0 atom stereocenters. The minimum atomic E-state index is 0.0520. The predicted molar refractivity (Wildman–Crippen MR) is 67.0 cm³/mol. The first-order chi connectivity index (χ1) is 7.09. The molecule has 3 nitrogen and oxygen atoms in total. The lowest BCUT2D eigenvalue weighted by Crippen LogP contribution is -2.23. The second kappa shape index (κ2) is 5.37. The monoisotopic (exact) mass is 226 g/mol. The molecule has 1 rings (SSSR count). The van der Waals surface area contributed by atoms with Crippen LogP contribution in [0.5, 0.6) is 0 Å². The first-order valence-electron chi connectivity index (χ1n) is 5.31. The lowest BCUT2D eigenvalue weighted by atomic mass is 9.96. The fourth-order valence-corrected chi connectivity index (χ4v) is 1.91. The summed E-state index contributed by atoms with van der Waals surface area (Å²) in [5, 5.41) is 6.32. The third-order valence-corrected chi connectivity index (χ3v) is 2.82. The Kier molecular flexibility index (Phi) is 4.42. The standard InChI is InChI=1S/C11H18N2OS/c1-7(2)8-9(11(15)10(8)14)13-6-4-5-12-3/h7,12-13H,4-6H2,1-3H3. The molecule has 0 aliphatic heterocycles. The fourth-order valence-electron chi connectivity index (χ4n) is 1.61. The summed E-state index contributed by atoms with van der Waals surface area (Å²) >= 11 is 5.02. The van der Waals surface area contributed by atoms with Crippen molar-refractivity contribution in [3.63, 3.8) is 0 Å². The lowest BCUT2D eigenvalue weighted by molar-refractivity contribution is 0.745. The third kappa shape index (κ3) is 2.63. The summed E-state index contributed by atoms with van der Waals surface area (Å²) in [6.07, 6.45) is 1.03. The average molecular weight is 226 g/mol. The van der Waals surface area contributed by atoms with Gasteiger partial charge in [0, 0.05) is 12.1 Å². The van der Waals surface area contributed by atoms with Crippen LogP contribution in [0.1, 0.15) is 31.7 Å². The van der Waals surface area contributed by atoms with Gasteiger partial charge in [-0.05, 0) is 25.9 Å². The molecule has 0 saturated heterocycles. The van der Waals surface area contributed by atoms with Crippen LogP contribution in [0.3, 0.4) is 0 Å². The molecule has 0 aliphatic carbocycles. The summed E-state index contributed by atoms with van der Waals surface area (Å²) in [6.45, 7) is 5.87. The van der Waals surface area contributed by atoms with Gasteiger partial charge in [0.2, 0.25) is 5.43 Å². The predicted octanol–water partition coefficient (Wildman–Crippen LogP) is 1.80. The van der Waals surface area contributed by atoms with Gasteiger partial charge in [0.25, 0.3) is 0 Å². The van der Waals surface area contributed by atoms with E-state index in [0.29, 0.717) is 4.51 Å². The maximum absolute atomic E-state index is 11.5. The Morgan fingerprint density at radius 1 is 1.33 bits per heavy atom. The number of hydrogen-bond acceptors (Lipinski definition) is 4. The smallest absolute Gasteiger partial charge is 0.204 e. The molecule has 0 aromatic heterocycles. The van der Waals surface area contributed by atoms with Crippen LogP contribution in [0.15, 0.2) is 4.79 Å². The van der Waals surface area contributed by atoms with E-state index in [9.17, 15) is 4.79 Å². The Hall–Kier alpha value is -0.740. The van der Waals surface area contributed by atoms with Crippen molar-refractivity contribution in [3.05, 3.63) is 20.3 Å². The summed E-state index contributed by atoms with van der Waals surface area (Å²) in [5.41, 5.74) is 1.82. The first-order valence-corrected chi connectivity index (χ1v) is 5.72. The molecule has 0 fully saturated rings. The molecular formula is C11H18N2OS. The van der Waals surface area contributed by atoms with Gasteiger partial charge < -0.3 is 10.6 Å². The highest BCUT2D eigenvalue weighted by Gasteiger charge is 2.19. The van der Waals surface area contributed by atoms with Gasteiger partial charge in [-0.3, -0.25) is 4.79 Å². The van der Waals surface area contributed by atoms with Gasteiger partial charge in [0.15, 0.2) is 0 Å². The Morgan fingerprint density at radius 2 is 2.00 bits per heavy atom. The molecule has 1 aromatic rings. The molecule has 0 bridgehead atoms. The van der Waals surface area contributed by atoms with Gasteiger partial charge in [-0.25, -0.2) is 0 Å². The Labute approximate surface area is 95.6 Å². The summed E-state index contributed by atoms with van der Waals surface area (Å²) in [5.74, 6) is 0.260. The van der Waals surface area contributed by atoms with E-state index >= 15 is 0 Å². The summed E-state index contributed by atoms with van der Waals surface area (Å²) < 4.78 is 0.475. The van der Waals surface area contributed by atoms with E-state index in [1.54, 1.807) is 0 Å². The molecule has 0 aliphatic rings. The van der Waals surface area contributed by atoms with Gasteiger partial charge >= 0.3 is 0 Å². The molecule has 84 valence electrons. The van der Waals surface area contributed by atoms with Crippen LogP contribution >= 0.6 is 12.2 Å². The second-order valence-corrected chi connectivity index (χ2v) is 4.39. The fraction of sp³-hybridized carbons (Fsp3) is 0.636. The first kappa shape index (κ1) is 12.3. The Morgan fingerprint density at radius 3 is 2.53 bits per heavy atom. The van der Waals surface area contributed by atoms with Crippen molar-refractivity contribution >= 4 is 17.9 Å². The number of rotatable bonds is 6. The van der Waals surface area contributed by atoms with E-state index in [4.69, 9.17) is 12.2 Å². The maximum Gasteiger partial charge on any atom is 0.204 e. The van der Waals surface area contributed by atoms with E-state index in [1.807, 2.05) is 20.9 Å². The highest BCUT2D eigenvalue weighted by atomic mass is 32.1. The Balaban J connectivity index is 2.58. The molecule has 1 aromatic carbocycles. The number of hydrogen-bond donors (Lipinski definition) is 2. The molecule has 0 saturated carbocycles. The van der Waals surface area contributed by atoms with Crippen molar-refractivity contribution in [1.29, 1.82) is 0 Å². The Bertz CT molecular complexity index is 391. The SMILES string of the molecule is CNCCCNc1c(C(C)C)c(=O)c1=S. The van der Waals surface area contributed by atoms with Gasteiger partial charge in [0.05, 0.1) is 5.69 Å². The topological polar surface area (TPSA) is 41.1 Å². The molecule has 0 unspecified atom stereocenters. The second-order valence-electron chi connectivity index (χ2n) is 3.99. The minimum Gasteiger partial charge on any atom is -0.383 e. The quantitative estimate of drug-likeness (QED) is 0.573. The van der Waals surface area contributed by atoms with Crippen molar-refractivity contribution < 1.29 is 0 Å². The molecule has 15 heavy (non-hydrogen) atoms. The third-order valence-electron chi connectivity index (χ3n) is 2.43. The lowest BCUT2D eigenvalue weighted by Gasteiger charge is -2.17.